The first-order valence-electron chi connectivity index (χ1n) is 7.27. The topological polar surface area (TPSA) is 62.6 Å². The van der Waals surface area contributed by atoms with E-state index in [0.717, 1.165) is 19.3 Å². The molecule has 5 heteroatoms. The lowest BCUT2D eigenvalue weighted by atomic mass is 10.0. The maximum absolute atomic E-state index is 12.1. The van der Waals surface area contributed by atoms with Crippen molar-refractivity contribution in [2.75, 3.05) is 13.1 Å². The lowest BCUT2D eigenvalue weighted by Gasteiger charge is -2.32. The molecular formula is C15H20N2O3. The molecule has 1 aliphatic heterocycles. The molecule has 5 nitrogen and oxygen atoms in total. The summed E-state index contributed by atoms with van der Waals surface area (Å²) in [6.07, 6.45) is 5.66. The van der Waals surface area contributed by atoms with E-state index in [-0.39, 0.29) is 23.8 Å². The minimum absolute atomic E-state index is 0.0133. The number of hydrogen-bond donors (Lipinski definition) is 1. The SMILES string of the molecule is C[C@@H]1C[C@H]1C(=O)NC1CCN(C(=O)c2ccoc2)CC1. The highest BCUT2D eigenvalue weighted by molar-refractivity contribution is 5.93. The van der Waals surface area contributed by atoms with Gasteiger partial charge in [-0.05, 0) is 31.2 Å². The second kappa shape index (κ2) is 5.31. The maximum atomic E-state index is 12.1. The molecule has 1 aromatic heterocycles. The average molecular weight is 276 g/mol. The number of furan rings is 1. The molecule has 0 unspecified atom stereocenters. The summed E-state index contributed by atoms with van der Waals surface area (Å²) in [6, 6.07) is 1.90. The van der Waals surface area contributed by atoms with Gasteiger partial charge in [-0.2, -0.15) is 0 Å². The molecule has 0 spiro atoms. The van der Waals surface area contributed by atoms with Crippen LogP contribution in [0.4, 0.5) is 0 Å². The third-order valence-corrected chi connectivity index (χ3v) is 4.34. The summed E-state index contributed by atoms with van der Waals surface area (Å²) in [4.78, 5) is 25.8. The molecule has 1 saturated carbocycles. The molecule has 2 amide bonds. The molecule has 2 atom stereocenters. The third-order valence-electron chi connectivity index (χ3n) is 4.34. The van der Waals surface area contributed by atoms with Crippen LogP contribution in [0.25, 0.3) is 0 Å². The normalized spacial score (nSPS) is 26.4. The van der Waals surface area contributed by atoms with E-state index in [2.05, 4.69) is 12.2 Å². The quantitative estimate of drug-likeness (QED) is 0.913. The van der Waals surface area contributed by atoms with Gasteiger partial charge in [0.2, 0.25) is 5.91 Å². The van der Waals surface area contributed by atoms with Crippen LogP contribution in [0.5, 0.6) is 0 Å². The smallest absolute Gasteiger partial charge is 0.257 e. The Morgan fingerprint density at radius 2 is 2.05 bits per heavy atom. The van der Waals surface area contributed by atoms with Crippen molar-refractivity contribution in [3.63, 3.8) is 0 Å². The average Bonchev–Trinajstić information content (AvgIpc) is 2.97. The fraction of sp³-hybridized carbons (Fsp3) is 0.600. The molecule has 2 heterocycles. The molecule has 1 aliphatic carbocycles. The maximum Gasteiger partial charge on any atom is 0.257 e. The molecular weight excluding hydrogens is 256 g/mol. The summed E-state index contributed by atoms with van der Waals surface area (Å²) in [6.45, 7) is 3.49. The Kier molecular flexibility index (Phi) is 3.51. The predicted octanol–water partition coefficient (Wildman–Crippen LogP) is 1.66. The Morgan fingerprint density at radius 3 is 2.60 bits per heavy atom. The van der Waals surface area contributed by atoms with E-state index in [0.29, 0.717) is 24.6 Å². The number of carbonyl (C=O) groups excluding carboxylic acids is 2. The Balaban J connectivity index is 1.47. The molecule has 3 rings (SSSR count). The van der Waals surface area contributed by atoms with Crippen LogP contribution in [0.15, 0.2) is 23.0 Å². The van der Waals surface area contributed by atoms with Crippen LogP contribution in [0.1, 0.15) is 36.5 Å². The van der Waals surface area contributed by atoms with Crippen LogP contribution in [0.2, 0.25) is 0 Å². The van der Waals surface area contributed by atoms with E-state index >= 15 is 0 Å². The third kappa shape index (κ3) is 2.71. The van der Waals surface area contributed by atoms with Gasteiger partial charge in [-0.25, -0.2) is 0 Å². The molecule has 1 aromatic rings. The van der Waals surface area contributed by atoms with Crippen LogP contribution in [0.3, 0.4) is 0 Å². The van der Waals surface area contributed by atoms with E-state index in [1.165, 1.54) is 12.5 Å². The van der Waals surface area contributed by atoms with Crippen LogP contribution in [0, 0.1) is 11.8 Å². The minimum atomic E-state index is 0.0133. The van der Waals surface area contributed by atoms with Gasteiger partial charge >= 0.3 is 0 Å². The molecule has 1 N–H and O–H groups in total. The van der Waals surface area contributed by atoms with Crippen molar-refractivity contribution >= 4 is 11.8 Å². The van der Waals surface area contributed by atoms with Crippen molar-refractivity contribution < 1.29 is 14.0 Å². The zero-order valence-electron chi connectivity index (χ0n) is 11.7. The summed E-state index contributed by atoms with van der Waals surface area (Å²) >= 11 is 0. The molecule has 2 fully saturated rings. The predicted molar refractivity (Wildman–Crippen MR) is 73.0 cm³/mol. The molecule has 2 aliphatic rings. The van der Waals surface area contributed by atoms with Crippen molar-refractivity contribution in [1.82, 2.24) is 10.2 Å². The highest BCUT2D eigenvalue weighted by Gasteiger charge is 2.40. The lowest BCUT2D eigenvalue weighted by molar-refractivity contribution is -0.123. The van der Waals surface area contributed by atoms with Crippen molar-refractivity contribution in [2.24, 2.45) is 11.8 Å². The van der Waals surface area contributed by atoms with Crippen molar-refractivity contribution in [3.8, 4) is 0 Å². The first kappa shape index (κ1) is 13.2. The zero-order valence-corrected chi connectivity index (χ0v) is 11.7. The number of amides is 2. The van der Waals surface area contributed by atoms with Gasteiger partial charge in [-0.3, -0.25) is 9.59 Å². The van der Waals surface area contributed by atoms with Gasteiger partial charge < -0.3 is 14.6 Å². The van der Waals surface area contributed by atoms with Gasteiger partial charge in [-0.15, -0.1) is 0 Å². The molecule has 0 aromatic carbocycles. The largest absolute Gasteiger partial charge is 0.472 e. The van der Waals surface area contributed by atoms with Gasteiger partial charge in [0.15, 0.2) is 0 Å². The molecule has 20 heavy (non-hydrogen) atoms. The molecule has 0 bridgehead atoms. The van der Waals surface area contributed by atoms with Crippen LogP contribution in [-0.2, 0) is 4.79 Å². The van der Waals surface area contributed by atoms with Gasteiger partial charge in [0, 0.05) is 25.0 Å². The zero-order chi connectivity index (χ0) is 14.1. The second-order valence-electron chi connectivity index (χ2n) is 5.91. The van der Waals surface area contributed by atoms with Crippen LogP contribution >= 0.6 is 0 Å². The first-order valence-corrected chi connectivity index (χ1v) is 7.27. The monoisotopic (exact) mass is 276 g/mol. The second-order valence-corrected chi connectivity index (χ2v) is 5.91. The highest BCUT2D eigenvalue weighted by atomic mass is 16.3. The number of carbonyl (C=O) groups is 2. The Bertz CT molecular complexity index is 489. The summed E-state index contributed by atoms with van der Waals surface area (Å²) < 4.78 is 4.94. The van der Waals surface area contributed by atoms with Crippen LogP contribution in [-0.4, -0.2) is 35.8 Å². The van der Waals surface area contributed by atoms with Gasteiger partial charge in [-0.1, -0.05) is 6.92 Å². The number of nitrogens with zero attached hydrogens (tertiary/aromatic N) is 1. The van der Waals surface area contributed by atoms with Crippen molar-refractivity contribution in [1.29, 1.82) is 0 Å². The van der Waals surface area contributed by atoms with Gasteiger partial charge in [0.25, 0.3) is 5.91 Å². The first-order chi connectivity index (χ1) is 9.65. The Morgan fingerprint density at radius 1 is 1.35 bits per heavy atom. The Hall–Kier alpha value is -1.78. The van der Waals surface area contributed by atoms with E-state index in [9.17, 15) is 9.59 Å². The summed E-state index contributed by atoms with van der Waals surface area (Å²) in [5.41, 5.74) is 0.597. The summed E-state index contributed by atoms with van der Waals surface area (Å²) in [5.74, 6) is 0.967. The van der Waals surface area contributed by atoms with Crippen molar-refractivity contribution in [3.05, 3.63) is 24.2 Å². The summed E-state index contributed by atoms with van der Waals surface area (Å²) in [5, 5.41) is 3.11. The summed E-state index contributed by atoms with van der Waals surface area (Å²) in [7, 11) is 0. The number of hydrogen-bond acceptors (Lipinski definition) is 3. The number of rotatable bonds is 3. The van der Waals surface area contributed by atoms with E-state index < -0.39 is 0 Å². The van der Waals surface area contributed by atoms with E-state index in [1.807, 2.05) is 4.90 Å². The number of piperidine rings is 1. The molecule has 0 radical (unpaired) electrons. The molecule has 108 valence electrons. The lowest BCUT2D eigenvalue weighted by Crippen LogP contribution is -2.47. The number of likely N-dealkylation sites (tertiary alicyclic amines) is 1. The number of nitrogens with one attached hydrogen (secondary N) is 1. The highest BCUT2D eigenvalue weighted by Crippen LogP contribution is 2.37. The molecule has 1 saturated heterocycles. The van der Waals surface area contributed by atoms with Crippen LogP contribution < -0.4 is 5.32 Å². The Labute approximate surface area is 118 Å². The minimum Gasteiger partial charge on any atom is -0.472 e. The fourth-order valence-corrected chi connectivity index (χ4v) is 2.79. The van der Waals surface area contributed by atoms with E-state index in [4.69, 9.17) is 4.42 Å². The van der Waals surface area contributed by atoms with E-state index in [1.54, 1.807) is 6.07 Å². The van der Waals surface area contributed by atoms with Crippen molar-refractivity contribution in [2.45, 2.75) is 32.2 Å². The van der Waals surface area contributed by atoms with Gasteiger partial charge in [0.05, 0.1) is 11.8 Å². The fourth-order valence-electron chi connectivity index (χ4n) is 2.79. The van der Waals surface area contributed by atoms with Gasteiger partial charge in [0.1, 0.15) is 6.26 Å². The standard InChI is InChI=1S/C15H20N2O3/c1-10-8-13(10)14(18)16-12-2-5-17(6-3-12)15(19)11-4-7-20-9-11/h4,7,9-10,12-13H,2-3,5-6,8H2,1H3,(H,16,18)/t10-,13-/m1/s1.